The Morgan fingerprint density at radius 3 is 2.20 bits per heavy atom. The summed E-state index contributed by atoms with van der Waals surface area (Å²) in [5.74, 6) is -1.83. The van der Waals surface area contributed by atoms with Gasteiger partial charge in [0, 0.05) is 0 Å². The fourth-order valence-electron chi connectivity index (χ4n) is 1.06. The van der Waals surface area contributed by atoms with E-state index in [2.05, 4.69) is 0 Å². The van der Waals surface area contributed by atoms with E-state index < -0.39 is 12.0 Å². The van der Waals surface area contributed by atoms with Crippen LogP contribution in [0.25, 0.3) is 5.57 Å². The van der Waals surface area contributed by atoms with E-state index in [-0.39, 0.29) is 0 Å². The van der Waals surface area contributed by atoms with E-state index in [0.29, 0.717) is 17.2 Å². The van der Waals surface area contributed by atoms with Crippen molar-refractivity contribution in [2.75, 3.05) is 0 Å². The fraction of sp³-hybridized carbons (Fsp3) is 0.182. The molecule has 0 fully saturated rings. The van der Waals surface area contributed by atoms with Gasteiger partial charge in [-0.2, -0.15) is 13.2 Å². The van der Waals surface area contributed by atoms with Crippen LogP contribution in [-0.4, -0.2) is 12.0 Å². The average Bonchev–Trinajstić information content (AvgIpc) is 2.17. The van der Waals surface area contributed by atoms with Gasteiger partial charge in [-0.05, 0) is 24.1 Å². The number of alkyl halides is 3. The van der Waals surface area contributed by atoms with Crippen molar-refractivity contribution < 1.29 is 18.0 Å². The lowest BCUT2D eigenvalue weighted by Gasteiger charge is -2.03. The van der Waals surface area contributed by atoms with E-state index in [9.17, 15) is 18.0 Å². The van der Waals surface area contributed by atoms with Crippen LogP contribution >= 0.6 is 0 Å². The van der Waals surface area contributed by atoms with Crippen LogP contribution in [0.15, 0.2) is 36.4 Å². The topological polar surface area (TPSA) is 17.1 Å². The normalized spacial score (nSPS) is 12.7. The Bertz CT molecular complexity index is 377. The van der Waals surface area contributed by atoms with Crippen molar-refractivity contribution in [3.8, 4) is 0 Å². The van der Waals surface area contributed by atoms with Gasteiger partial charge in [-0.15, -0.1) is 0 Å². The number of carbonyl (C=O) groups is 1. The molecule has 1 aromatic carbocycles. The molecule has 0 heterocycles. The van der Waals surface area contributed by atoms with Crippen LogP contribution in [-0.2, 0) is 4.79 Å². The molecule has 0 amide bonds. The van der Waals surface area contributed by atoms with Gasteiger partial charge >= 0.3 is 6.18 Å². The van der Waals surface area contributed by atoms with Crippen LogP contribution in [0.5, 0.6) is 0 Å². The maximum absolute atomic E-state index is 11.9. The molecule has 4 heteroatoms. The SMILES string of the molecule is C/C(=C\C(=O)C(F)(F)F)c1ccccc1. The van der Waals surface area contributed by atoms with Crippen molar-refractivity contribution in [1.29, 1.82) is 0 Å². The first kappa shape index (κ1) is 11.5. The van der Waals surface area contributed by atoms with Crippen molar-refractivity contribution in [1.82, 2.24) is 0 Å². The molecule has 0 aliphatic rings. The summed E-state index contributed by atoms with van der Waals surface area (Å²) in [4.78, 5) is 10.6. The molecule has 1 aromatic rings. The predicted octanol–water partition coefficient (Wildman–Crippen LogP) is 3.22. The Hall–Kier alpha value is -1.58. The third-order valence-corrected chi connectivity index (χ3v) is 1.86. The standard InChI is InChI=1S/C11H9F3O/c1-8(7-10(15)11(12,13)14)9-5-3-2-4-6-9/h2-7H,1H3/b8-7+. The van der Waals surface area contributed by atoms with E-state index in [1.54, 1.807) is 30.3 Å². The lowest BCUT2D eigenvalue weighted by atomic mass is 10.1. The Kier molecular flexibility index (Phi) is 3.29. The van der Waals surface area contributed by atoms with Gasteiger partial charge in [0.05, 0.1) is 0 Å². The summed E-state index contributed by atoms with van der Waals surface area (Å²) in [7, 11) is 0. The second kappa shape index (κ2) is 4.29. The maximum atomic E-state index is 11.9. The summed E-state index contributed by atoms with van der Waals surface area (Å²) in [5.41, 5.74) is 0.910. The molecule has 80 valence electrons. The second-order valence-corrected chi connectivity index (χ2v) is 3.06. The second-order valence-electron chi connectivity index (χ2n) is 3.06. The molecule has 0 radical (unpaired) electrons. The van der Waals surface area contributed by atoms with Crippen LogP contribution in [0, 0.1) is 0 Å². The predicted molar refractivity (Wildman–Crippen MR) is 51.2 cm³/mol. The monoisotopic (exact) mass is 214 g/mol. The highest BCUT2D eigenvalue weighted by atomic mass is 19.4. The molecule has 0 saturated heterocycles. The van der Waals surface area contributed by atoms with Crippen LogP contribution in [0.3, 0.4) is 0 Å². The minimum Gasteiger partial charge on any atom is -0.285 e. The van der Waals surface area contributed by atoms with E-state index in [0.717, 1.165) is 0 Å². The van der Waals surface area contributed by atoms with Gasteiger partial charge in [0.1, 0.15) is 0 Å². The summed E-state index contributed by atoms with van der Waals surface area (Å²) >= 11 is 0. The summed E-state index contributed by atoms with van der Waals surface area (Å²) in [6.07, 6.45) is -4.19. The maximum Gasteiger partial charge on any atom is 0.454 e. The van der Waals surface area contributed by atoms with E-state index in [1.165, 1.54) is 6.92 Å². The minimum absolute atomic E-state index is 0.304. The molecule has 15 heavy (non-hydrogen) atoms. The lowest BCUT2D eigenvalue weighted by molar-refractivity contribution is -0.165. The third kappa shape index (κ3) is 3.23. The molecule has 0 spiro atoms. The number of benzene rings is 1. The van der Waals surface area contributed by atoms with E-state index >= 15 is 0 Å². The molecule has 0 unspecified atom stereocenters. The van der Waals surface area contributed by atoms with Gasteiger partial charge in [-0.3, -0.25) is 4.79 Å². The average molecular weight is 214 g/mol. The van der Waals surface area contributed by atoms with Gasteiger partial charge < -0.3 is 0 Å². The molecule has 0 atom stereocenters. The number of ketones is 1. The minimum atomic E-state index is -4.80. The van der Waals surface area contributed by atoms with Gasteiger partial charge in [-0.1, -0.05) is 30.3 Å². The molecule has 1 rings (SSSR count). The number of allylic oxidation sites excluding steroid dienone is 2. The Balaban J connectivity index is 2.91. The number of carbonyl (C=O) groups excluding carboxylic acids is 1. The van der Waals surface area contributed by atoms with Crippen molar-refractivity contribution in [3.63, 3.8) is 0 Å². The quantitative estimate of drug-likeness (QED) is 0.691. The molecule has 0 bridgehead atoms. The number of rotatable bonds is 2. The number of hydrogen-bond donors (Lipinski definition) is 0. The fourth-order valence-corrected chi connectivity index (χ4v) is 1.06. The molecular formula is C11H9F3O. The molecule has 0 saturated carbocycles. The van der Waals surface area contributed by atoms with Crippen LogP contribution in [0.1, 0.15) is 12.5 Å². The molecule has 0 aliphatic carbocycles. The number of halogens is 3. The Morgan fingerprint density at radius 2 is 1.73 bits per heavy atom. The summed E-state index contributed by atoms with van der Waals surface area (Å²) in [6, 6.07) is 8.45. The molecule has 0 aromatic heterocycles. The van der Waals surface area contributed by atoms with Crippen molar-refractivity contribution >= 4 is 11.4 Å². The van der Waals surface area contributed by atoms with Crippen LogP contribution in [0.2, 0.25) is 0 Å². The lowest BCUT2D eigenvalue weighted by Crippen LogP contribution is -2.20. The van der Waals surface area contributed by atoms with Crippen molar-refractivity contribution in [2.24, 2.45) is 0 Å². The highest BCUT2D eigenvalue weighted by Gasteiger charge is 2.36. The third-order valence-electron chi connectivity index (χ3n) is 1.86. The highest BCUT2D eigenvalue weighted by Crippen LogP contribution is 2.20. The summed E-state index contributed by atoms with van der Waals surface area (Å²) in [6.45, 7) is 1.47. The van der Waals surface area contributed by atoms with Crippen molar-refractivity contribution in [3.05, 3.63) is 42.0 Å². The van der Waals surface area contributed by atoms with Gasteiger partial charge in [0.2, 0.25) is 0 Å². The van der Waals surface area contributed by atoms with Gasteiger partial charge in [-0.25, -0.2) is 0 Å². The zero-order chi connectivity index (χ0) is 11.5. The largest absolute Gasteiger partial charge is 0.454 e. The van der Waals surface area contributed by atoms with Crippen LogP contribution < -0.4 is 0 Å². The summed E-state index contributed by atoms with van der Waals surface area (Å²) < 4.78 is 35.8. The zero-order valence-electron chi connectivity index (χ0n) is 8.01. The van der Waals surface area contributed by atoms with Crippen LogP contribution in [0.4, 0.5) is 13.2 Å². The molecule has 1 nitrogen and oxygen atoms in total. The molecular weight excluding hydrogens is 205 g/mol. The molecule has 0 N–H and O–H groups in total. The van der Waals surface area contributed by atoms with Gasteiger partial charge in [0.25, 0.3) is 5.78 Å². The first-order valence-corrected chi connectivity index (χ1v) is 4.26. The Morgan fingerprint density at radius 1 is 1.20 bits per heavy atom. The van der Waals surface area contributed by atoms with E-state index in [4.69, 9.17) is 0 Å². The van der Waals surface area contributed by atoms with E-state index in [1.807, 2.05) is 0 Å². The summed E-state index contributed by atoms with van der Waals surface area (Å²) in [5, 5.41) is 0. The Labute approximate surface area is 85.2 Å². The smallest absolute Gasteiger partial charge is 0.285 e. The highest BCUT2D eigenvalue weighted by molar-refractivity contribution is 6.00. The number of hydrogen-bond acceptors (Lipinski definition) is 1. The first-order chi connectivity index (χ1) is 6.91. The zero-order valence-corrected chi connectivity index (χ0v) is 8.01. The van der Waals surface area contributed by atoms with Gasteiger partial charge in [0.15, 0.2) is 0 Å². The van der Waals surface area contributed by atoms with Crippen molar-refractivity contribution in [2.45, 2.75) is 13.1 Å². The molecule has 0 aliphatic heterocycles. The first-order valence-electron chi connectivity index (χ1n) is 4.26.